The highest BCUT2D eigenvalue weighted by molar-refractivity contribution is 6.01. The molecule has 1 N–H and O–H groups in total. The molecule has 0 spiro atoms. The highest BCUT2D eigenvalue weighted by atomic mass is 16.5. The van der Waals surface area contributed by atoms with Crippen molar-refractivity contribution in [2.24, 2.45) is 5.16 Å². The Bertz CT molecular complexity index is 615. The van der Waals surface area contributed by atoms with Crippen LogP contribution in [0.5, 0.6) is 5.75 Å². The Balaban J connectivity index is 2.22. The number of aryl methyl sites for hydroxylation is 2. The molecule has 3 heteroatoms. The minimum atomic E-state index is 0.497. The number of rotatable bonds is 4. The van der Waals surface area contributed by atoms with Crippen LogP contribution < -0.4 is 4.74 Å². The van der Waals surface area contributed by atoms with Crippen LogP contribution in [0.2, 0.25) is 0 Å². The second-order valence-corrected chi connectivity index (χ2v) is 4.91. The van der Waals surface area contributed by atoms with Gasteiger partial charge in [0.25, 0.3) is 0 Å². The van der Waals surface area contributed by atoms with Crippen molar-refractivity contribution in [3.8, 4) is 5.75 Å². The molecule has 0 atom stereocenters. The normalized spacial score (nSPS) is 11.4. The summed E-state index contributed by atoms with van der Waals surface area (Å²) in [4.78, 5) is 0. The van der Waals surface area contributed by atoms with Crippen molar-refractivity contribution in [3.63, 3.8) is 0 Å². The Kier molecular flexibility index (Phi) is 4.41. The fourth-order valence-electron chi connectivity index (χ4n) is 2.02. The third-order valence-corrected chi connectivity index (χ3v) is 3.26. The van der Waals surface area contributed by atoms with Crippen LogP contribution in [0.25, 0.3) is 0 Å². The summed E-state index contributed by atoms with van der Waals surface area (Å²) in [5.41, 5.74) is 4.74. The molecular formula is C17H19NO2. The first kappa shape index (κ1) is 14.1. The first-order chi connectivity index (χ1) is 9.61. The van der Waals surface area contributed by atoms with E-state index in [0.29, 0.717) is 12.3 Å². The van der Waals surface area contributed by atoms with Gasteiger partial charge in [-0.1, -0.05) is 47.1 Å². The molecule has 0 saturated heterocycles. The maximum absolute atomic E-state index is 8.95. The minimum absolute atomic E-state index is 0.497. The molecular weight excluding hydrogens is 250 g/mol. The van der Waals surface area contributed by atoms with Gasteiger partial charge in [0, 0.05) is 5.56 Å². The third-order valence-electron chi connectivity index (χ3n) is 3.26. The van der Waals surface area contributed by atoms with E-state index in [-0.39, 0.29) is 0 Å². The average Bonchev–Trinajstić information content (AvgIpc) is 2.46. The van der Waals surface area contributed by atoms with Crippen molar-refractivity contribution in [1.29, 1.82) is 0 Å². The highest BCUT2D eigenvalue weighted by Crippen LogP contribution is 2.25. The summed E-state index contributed by atoms with van der Waals surface area (Å²) in [6.07, 6.45) is 0. The first-order valence-corrected chi connectivity index (χ1v) is 6.59. The van der Waals surface area contributed by atoms with Crippen molar-refractivity contribution in [3.05, 3.63) is 64.7 Å². The number of para-hydroxylation sites is 1. The van der Waals surface area contributed by atoms with E-state index < -0.39 is 0 Å². The Morgan fingerprint density at radius 2 is 1.80 bits per heavy atom. The molecule has 0 unspecified atom stereocenters. The van der Waals surface area contributed by atoms with Crippen LogP contribution in [-0.4, -0.2) is 10.9 Å². The van der Waals surface area contributed by atoms with E-state index in [1.165, 1.54) is 5.56 Å². The van der Waals surface area contributed by atoms with Gasteiger partial charge in [-0.3, -0.25) is 0 Å². The van der Waals surface area contributed by atoms with Crippen molar-refractivity contribution >= 4 is 5.71 Å². The molecule has 0 radical (unpaired) electrons. The largest absolute Gasteiger partial charge is 0.488 e. The molecule has 0 aliphatic carbocycles. The Labute approximate surface area is 119 Å². The molecule has 0 fully saturated rings. The van der Waals surface area contributed by atoms with Crippen LogP contribution in [0.3, 0.4) is 0 Å². The van der Waals surface area contributed by atoms with E-state index in [9.17, 15) is 0 Å². The predicted octanol–water partition coefficient (Wildman–Crippen LogP) is 4.08. The van der Waals surface area contributed by atoms with E-state index in [2.05, 4.69) is 36.3 Å². The second-order valence-electron chi connectivity index (χ2n) is 4.91. The minimum Gasteiger partial charge on any atom is -0.488 e. The maximum Gasteiger partial charge on any atom is 0.131 e. The number of hydrogen-bond donors (Lipinski definition) is 1. The zero-order chi connectivity index (χ0) is 14.5. The van der Waals surface area contributed by atoms with Crippen LogP contribution in [0.15, 0.2) is 47.6 Å². The summed E-state index contributed by atoms with van der Waals surface area (Å²) in [6, 6.07) is 14.1. The van der Waals surface area contributed by atoms with Gasteiger partial charge in [0.15, 0.2) is 0 Å². The lowest BCUT2D eigenvalue weighted by Crippen LogP contribution is -2.04. The van der Waals surface area contributed by atoms with Gasteiger partial charge in [0.2, 0.25) is 0 Å². The van der Waals surface area contributed by atoms with Gasteiger partial charge < -0.3 is 9.94 Å². The summed E-state index contributed by atoms with van der Waals surface area (Å²) in [6.45, 7) is 6.30. The van der Waals surface area contributed by atoms with Crippen LogP contribution in [0.4, 0.5) is 0 Å². The van der Waals surface area contributed by atoms with E-state index in [1.54, 1.807) is 6.92 Å². The smallest absolute Gasteiger partial charge is 0.131 e. The van der Waals surface area contributed by atoms with Gasteiger partial charge in [-0.25, -0.2) is 0 Å². The third kappa shape index (κ3) is 3.18. The van der Waals surface area contributed by atoms with Gasteiger partial charge in [0.1, 0.15) is 12.4 Å². The second kappa shape index (κ2) is 6.24. The van der Waals surface area contributed by atoms with Gasteiger partial charge in [0.05, 0.1) is 5.71 Å². The number of hydrogen-bond acceptors (Lipinski definition) is 3. The van der Waals surface area contributed by atoms with Gasteiger partial charge in [-0.15, -0.1) is 0 Å². The van der Waals surface area contributed by atoms with E-state index >= 15 is 0 Å². The monoisotopic (exact) mass is 269 g/mol. The van der Waals surface area contributed by atoms with Crippen molar-refractivity contribution in [2.75, 3.05) is 0 Å². The standard InChI is InChI=1S/C17H19NO2/c1-12-7-9-15(10-8-12)11-20-17-13(2)5-4-6-16(17)14(3)18-19/h4-10,19H,11H2,1-3H3/b18-14+. The molecule has 2 rings (SSSR count). The summed E-state index contributed by atoms with van der Waals surface area (Å²) < 4.78 is 5.92. The average molecular weight is 269 g/mol. The predicted molar refractivity (Wildman–Crippen MR) is 80.7 cm³/mol. The zero-order valence-electron chi connectivity index (χ0n) is 12.1. The summed E-state index contributed by atoms with van der Waals surface area (Å²) in [5.74, 6) is 0.767. The van der Waals surface area contributed by atoms with Gasteiger partial charge in [-0.2, -0.15) is 0 Å². The number of nitrogens with zero attached hydrogens (tertiary/aromatic N) is 1. The number of benzene rings is 2. The Morgan fingerprint density at radius 1 is 1.10 bits per heavy atom. The molecule has 0 aromatic heterocycles. The SMILES string of the molecule is C/C(=N\O)c1cccc(C)c1OCc1ccc(C)cc1. The topological polar surface area (TPSA) is 41.8 Å². The molecule has 2 aromatic rings. The maximum atomic E-state index is 8.95. The van der Waals surface area contributed by atoms with Crippen molar-refractivity contribution in [2.45, 2.75) is 27.4 Å². The molecule has 0 aliphatic rings. The van der Waals surface area contributed by atoms with Crippen molar-refractivity contribution in [1.82, 2.24) is 0 Å². The fraction of sp³-hybridized carbons (Fsp3) is 0.235. The lowest BCUT2D eigenvalue weighted by atomic mass is 10.1. The highest BCUT2D eigenvalue weighted by Gasteiger charge is 2.10. The molecule has 2 aromatic carbocycles. The van der Waals surface area contributed by atoms with Crippen molar-refractivity contribution < 1.29 is 9.94 Å². The molecule has 0 heterocycles. The van der Waals surface area contributed by atoms with Gasteiger partial charge in [-0.05, 0) is 38.0 Å². The molecule has 0 amide bonds. The number of ether oxygens (including phenoxy) is 1. The summed E-state index contributed by atoms with van der Waals surface area (Å²) >= 11 is 0. The molecule has 104 valence electrons. The van der Waals surface area contributed by atoms with Crippen LogP contribution >= 0.6 is 0 Å². The summed E-state index contributed by atoms with van der Waals surface area (Å²) in [5, 5.41) is 12.2. The van der Waals surface area contributed by atoms with E-state index in [0.717, 1.165) is 22.4 Å². The summed E-state index contributed by atoms with van der Waals surface area (Å²) in [7, 11) is 0. The molecule has 0 saturated carbocycles. The zero-order valence-corrected chi connectivity index (χ0v) is 12.1. The van der Waals surface area contributed by atoms with Crippen LogP contribution in [0, 0.1) is 13.8 Å². The quantitative estimate of drug-likeness (QED) is 0.516. The molecule has 0 aliphatic heterocycles. The van der Waals surface area contributed by atoms with Crippen LogP contribution in [-0.2, 0) is 6.61 Å². The Hall–Kier alpha value is -2.29. The van der Waals surface area contributed by atoms with Crippen LogP contribution in [0.1, 0.15) is 29.2 Å². The first-order valence-electron chi connectivity index (χ1n) is 6.59. The Morgan fingerprint density at radius 3 is 2.45 bits per heavy atom. The molecule has 3 nitrogen and oxygen atoms in total. The molecule has 0 bridgehead atoms. The fourth-order valence-corrected chi connectivity index (χ4v) is 2.02. The number of oxime groups is 1. The van der Waals surface area contributed by atoms with Gasteiger partial charge >= 0.3 is 0 Å². The molecule has 20 heavy (non-hydrogen) atoms. The van der Waals surface area contributed by atoms with E-state index in [4.69, 9.17) is 9.94 Å². The lowest BCUT2D eigenvalue weighted by Gasteiger charge is -2.13. The lowest BCUT2D eigenvalue weighted by molar-refractivity contribution is 0.301. The van der Waals surface area contributed by atoms with E-state index in [1.807, 2.05) is 25.1 Å².